The second-order valence-electron chi connectivity index (χ2n) is 4.60. The molecule has 2 heterocycles. The maximum atomic E-state index is 12.3. The number of rotatable bonds is 6. The van der Waals surface area contributed by atoms with Gasteiger partial charge in [-0.2, -0.15) is 13.5 Å². The summed E-state index contributed by atoms with van der Waals surface area (Å²) in [6, 6.07) is 3.42. The molecule has 2 rings (SSSR count). The molecule has 0 aliphatic heterocycles. The molecule has 2 aromatic rings. The SMILES string of the molecule is CC(C)NCc1cn[nH]c1S(=O)(=O)Nc1ccncc1. The van der Waals surface area contributed by atoms with Crippen molar-refractivity contribution in [3.05, 3.63) is 36.3 Å². The minimum atomic E-state index is -3.68. The summed E-state index contributed by atoms with van der Waals surface area (Å²) in [5.74, 6) is 0. The van der Waals surface area contributed by atoms with Gasteiger partial charge in [-0.05, 0) is 12.1 Å². The summed E-state index contributed by atoms with van der Waals surface area (Å²) in [7, 11) is -3.68. The van der Waals surface area contributed by atoms with E-state index in [-0.39, 0.29) is 11.1 Å². The summed E-state index contributed by atoms with van der Waals surface area (Å²) in [5, 5.41) is 9.58. The van der Waals surface area contributed by atoms with E-state index >= 15 is 0 Å². The van der Waals surface area contributed by atoms with Crippen molar-refractivity contribution in [2.75, 3.05) is 4.72 Å². The van der Waals surface area contributed by atoms with Gasteiger partial charge < -0.3 is 5.32 Å². The fourth-order valence-corrected chi connectivity index (χ4v) is 2.79. The molecule has 0 saturated heterocycles. The van der Waals surface area contributed by atoms with Gasteiger partial charge in [0.2, 0.25) is 0 Å². The van der Waals surface area contributed by atoms with Crippen molar-refractivity contribution in [2.24, 2.45) is 0 Å². The Bertz CT molecular complexity index is 651. The number of nitrogens with one attached hydrogen (secondary N) is 3. The lowest BCUT2D eigenvalue weighted by Crippen LogP contribution is -2.23. The fraction of sp³-hybridized carbons (Fsp3) is 0.333. The van der Waals surface area contributed by atoms with Crippen LogP contribution >= 0.6 is 0 Å². The van der Waals surface area contributed by atoms with Gasteiger partial charge in [-0.25, -0.2) is 0 Å². The number of aromatic amines is 1. The number of aromatic nitrogens is 3. The van der Waals surface area contributed by atoms with Crippen molar-refractivity contribution >= 4 is 15.7 Å². The van der Waals surface area contributed by atoms with Crippen molar-refractivity contribution in [3.63, 3.8) is 0 Å². The Hall–Kier alpha value is -1.93. The molecule has 20 heavy (non-hydrogen) atoms. The van der Waals surface area contributed by atoms with E-state index in [1.807, 2.05) is 13.8 Å². The minimum absolute atomic E-state index is 0.0717. The predicted molar refractivity (Wildman–Crippen MR) is 75.6 cm³/mol. The van der Waals surface area contributed by atoms with E-state index in [0.717, 1.165) is 0 Å². The lowest BCUT2D eigenvalue weighted by atomic mass is 10.3. The number of H-pyrrole nitrogens is 1. The minimum Gasteiger partial charge on any atom is -0.310 e. The van der Waals surface area contributed by atoms with Crippen LogP contribution in [0.15, 0.2) is 35.7 Å². The monoisotopic (exact) mass is 295 g/mol. The predicted octanol–water partition coefficient (Wildman–Crippen LogP) is 1.10. The average molecular weight is 295 g/mol. The molecular weight excluding hydrogens is 278 g/mol. The number of hydrogen-bond donors (Lipinski definition) is 3. The number of hydrogen-bond acceptors (Lipinski definition) is 5. The number of pyridine rings is 1. The van der Waals surface area contributed by atoms with Crippen molar-refractivity contribution in [1.82, 2.24) is 20.5 Å². The summed E-state index contributed by atoms with van der Waals surface area (Å²) in [5.41, 5.74) is 1.05. The highest BCUT2D eigenvalue weighted by atomic mass is 32.2. The largest absolute Gasteiger partial charge is 0.310 e. The Morgan fingerprint density at radius 2 is 2.00 bits per heavy atom. The highest BCUT2D eigenvalue weighted by Gasteiger charge is 2.20. The zero-order valence-corrected chi connectivity index (χ0v) is 12.1. The Morgan fingerprint density at radius 1 is 1.30 bits per heavy atom. The van der Waals surface area contributed by atoms with E-state index in [1.165, 1.54) is 18.6 Å². The Labute approximate surface area is 117 Å². The molecule has 3 N–H and O–H groups in total. The zero-order valence-electron chi connectivity index (χ0n) is 11.3. The van der Waals surface area contributed by atoms with Gasteiger partial charge >= 0.3 is 0 Å². The van der Waals surface area contributed by atoms with Crippen LogP contribution in [-0.4, -0.2) is 29.6 Å². The molecule has 0 bridgehead atoms. The summed E-state index contributed by atoms with van der Waals surface area (Å²) < 4.78 is 27.1. The molecule has 2 aromatic heterocycles. The lowest BCUT2D eigenvalue weighted by Gasteiger charge is -2.10. The molecule has 0 aliphatic rings. The lowest BCUT2D eigenvalue weighted by molar-refractivity contribution is 0.574. The summed E-state index contributed by atoms with van der Waals surface area (Å²) >= 11 is 0. The average Bonchev–Trinajstić information content (AvgIpc) is 2.86. The topological polar surface area (TPSA) is 99.8 Å². The quantitative estimate of drug-likeness (QED) is 0.741. The van der Waals surface area contributed by atoms with Gasteiger partial charge in [0.15, 0.2) is 5.03 Å². The number of nitrogens with zero attached hydrogens (tertiary/aromatic N) is 2. The maximum absolute atomic E-state index is 12.3. The van der Waals surface area contributed by atoms with Gasteiger partial charge in [0.05, 0.1) is 11.9 Å². The molecule has 0 aromatic carbocycles. The van der Waals surface area contributed by atoms with Crippen LogP contribution in [0.5, 0.6) is 0 Å². The second kappa shape index (κ2) is 6.02. The molecular formula is C12H17N5O2S. The third kappa shape index (κ3) is 3.55. The Balaban J connectivity index is 2.20. The molecule has 0 atom stereocenters. The first-order valence-electron chi connectivity index (χ1n) is 6.17. The van der Waals surface area contributed by atoms with Crippen molar-refractivity contribution in [2.45, 2.75) is 31.5 Å². The highest BCUT2D eigenvalue weighted by molar-refractivity contribution is 7.92. The van der Waals surface area contributed by atoms with Gasteiger partial charge in [0, 0.05) is 30.5 Å². The van der Waals surface area contributed by atoms with E-state index in [9.17, 15) is 8.42 Å². The fourth-order valence-electron chi connectivity index (χ4n) is 1.60. The Kier molecular flexibility index (Phi) is 4.35. The standard InChI is InChI=1S/C12H17N5O2S/c1-9(2)14-7-10-8-15-16-12(10)20(18,19)17-11-3-5-13-6-4-11/h3-6,8-9,14H,7H2,1-2H3,(H,13,17)(H,15,16). The smallest absolute Gasteiger partial charge is 0.279 e. The first kappa shape index (κ1) is 14.5. The van der Waals surface area contributed by atoms with Crippen LogP contribution in [0.2, 0.25) is 0 Å². The van der Waals surface area contributed by atoms with E-state index < -0.39 is 10.0 Å². The van der Waals surface area contributed by atoms with Crippen LogP contribution in [0.3, 0.4) is 0 Å². The normalized spacial score (nSPS) is 11.8. The molecule has 0 aliphatic carbocycles. The van der Waals surface area contributed by atoms with Gasteiger partial charge in [-0.3, -0.25) is 14.8 Å². The van der Waals surface area contributed by atoms with E-state index in [2.05, 4.69) is 25.2 Å². The third-order valence-electron chi connectivity index (χ3n) is 2.58. The molecule has 0 radical (unpaired) electrons. The van der Waals surface area contributed by atoms with Crippen LogP contribution in [0.1, 0.15) is 19.4 Å². The van der Waals surface area contributed by atoms with Crippen molar-refractivity contribution in [1.29, 1.82) is 0 Å². The molecule has 0 fully saturated rings. The maximum Gasteiger partial charge on any atom is 0.279 e. The number of anilines is 1. The van der Waals surface area contributed by atoms with E-state index in [4.69, 9.17) is 0 Å². The van der Waals surface area contributed by atoms with Gasteiger partial charge in [-0.1, -0.05) is 13.8 Å². The molecule has 0 saturated carbocycles. The number of sulfonamides is 1. The molecule has 0 spiro atoms. The molecule has 7 nitrogen and oxygen atoms in total. The molecule has 0 amide bonds. The van der Waals surface area contributed by atoms with E-state index in [1.54, 1.807) is 12.1 Å². The summed E-state index contributed by atoms with van der Waals surface area (Å²) in [6.45, 7) is 4.41. The Morgan fingerprint density at radius 3 is 2.65 bits per heavy atom. The van der Waals surface area contributed by atoms with Gasteiger partial charge in [-0.15, -0.1) is 0 Å². The second-order valence-corrected chi connectivity index (χ2v) is 6.22. The van der Waals surface area contributed by atoms with Crippen LogP contribution in [0, 0.1) is 0 Å². The summed E-state index contributed by atoms with van der Waals surface area (Å²) in [6.07, 6.45) is 4.55. The zero-order chi connectivity index (χ0) is 14.6. The van der Waals surface area contributed by atoms with Crippen LogP contribution in [0.25, 0.3) is 0 Å². The molecule has 8 heteroatoms. The van der Waals surface area contributed by atoms with Crippen LogP contribution < -0.4 is 10.0 Å². The third-order valence-corrected chi connectivity index (χ3v) is 3.98. The van der Waals surface area contributed by atoms with Gasteiger partial charge in [0.25, 0.3) is 10.0 Å². The molecule has 0 unspecified atom stereocenters. The van der Waals surface area contributed by atoms with E-state index in [0.29, 0.717) is 17.8 Å². The van der Waals surface area contributed by atoms with Crippen molar-refractivity contribution < 1.29 is 8.42 Å². The first-order chi connectivity index (χ1) is 9.49. The van der Waals surface area contributed by atoms with Gasteiger partial charge in [0.1, 0.15) is 0 Å². The molecule has 108 valence electrons. The summed E-state index contributed by atoms with van der Waals surface area (Å²) in [4.78, 5) is 3.84. The highest BCUT2D eigenvalue weighted by Crippen LogP contribution is 2.16. The van der Waals surface area contributed by atoms with Crippen LogP contribution in [0.4, 0.5) is 5.69 Å². The van der Waals surface area contributed by atoms with Crippen molar-refractivity contribution in [3.8, 4) is 0 Å². The first-order valence-corrected chi connectivity index (χ1v) is 7.66. The van der Waals surface area contributed by atoms with Crippen LogP contribution in [-0.2, 0) is 16.6 Å².